The molecule has 0 N–H and O–H groups in total. The summed E-state index contributed by atoms with van der Waals surface area (Å²) in [6.45, 7) is 0. The van der Waals surface area contributed by atoms with Gasteiger partial charge in [-0.15, -0.1) is 0 Å². The Balaban J connectivity index is 1.20. The maximum absolute atomic E-state index is 6.79. The Labute approximate surface area is 355 Å². The molecule has 61 heavy (non-hydrogen) atoms. The van der Waals surface area contributed by atoms with Crippen molar-refractivity contribution in [3.63, 3.8) is 0 Å². The molecule has 2 heteroatoms. The molecule has 1 heterocycles. The lowest BCUT2D eigenvalue weighted by Gasteiger charge is -2.38. The van der Waals surface area contributed by atoms with Crippen molar-refractivity contribution < 1.29 is 4.42 Å². The van der Waals surface area contributed by atoms with E-state index in [1.54, 1.807) is 0 Å². The van der Waals surface area contributed by atoms with Gasteiger partial charge in [-0.05, 0) is 109 Å². The molecular formula is C59H39NO. The van der Waals surface area contributed by atoms with E-state index in [4.69, 9.17) is 4.42 Å². The van der Waals surface area contributed by atoms with Crippen LogP contribution < -0.4 is 4.90 Å². The van der Waals surface area contributed by atoms with Gasteiger partial charge in [-0.25, -0.2) is 0 Å². The SMILES string of the molecule is c1ccc(-c2ccc3cc(N(c4ccccc4C4(c5ccccc5)c5ccccc5-c5ccccc54)c4cc(-c5ccccc5)cc5oc6ccccc6c45)ccc3c2)cc1. The summed E-state index contributed by atoms with van der Waals surface area (Å²) in [4.78, 5) is 2.50. The summed E-state index contributed by atoms with van der Waals surface area (Å²) < 4.78 is 6.79. The molecule has 0 bridgehead atoms. The maximum Gasteiger partial charge on any atom is 0.138 e. The van der Waals surface area contributed by atoms with E-state index < -0.39 is 5.41 Å². The molecule has 0 amide bonds. The number of anilines is 3. The average molecular weight is 778 g/mol. The third kappa shape index (κ3) is 5.50. The van der Waals surface area contributed by atoms with Crippen LogP contribution in [0.15, 0.2) is 241 Å². The van der Waals surface area contributed by atoms with Crippen LogP contribution in [0.2, 0.25) is 0 Å². The lowest BCUT2D eigenvalue weighted by Crippen LogP contribution is -2.30. The van der Waals surface area contributed by atoms with Crippen molar-refractivity contribution in [1.29, 1.82) is 0 Å². The Hall–Kier alpha value is -7.94. The van der Waals surface area contributed by atoms with Gasteiger partial charge in [0.25, 0.3) is 0 Å². The molecule has 1 aliphatic rings. The largest absolute Gasteiger partial charge is 0.456 e. The topological polar surface area (TPSA) is 16.4 Å². The molecule has 2 nitrogen and oxygen atoms in total. The third-order valence-corrected chi connectivity index (χ3v) is 12.7. The van der Waals surface area contributed by atoms with Gasteiger partial charge in [0.2, 0.25) is 0 Å². The number of para-hydroxylation sites is 2. The zero-order valence-electron chi connectivity index (χ0n) is 33.4. The number of benzene rings is 10. The molecule has 0 saturated heterocycles. The summed E-state index contributed by atoms with van der Waals surface area (Å²) in [5.41, 5.74) is 16.4. The Morgan fingerprint density at radius 1 is 0.344 bits per heavy atom. The second kappa shape index (κ2) is 14.1. The van der Waals surface area contributed by atoms with Crippen LogP contribution in [0.5, 0.6) is 0 Å². The summed E-state index contributed by atoms with van der Waals surface area (Å²) in [5.74, 6) is 0. The van der Waals surface area contributed by atoms with Crippen LogP contribution >= 0.6 is 0 Å². The fourth-order valence-corrected chi connectivity index (χ4v) is 10.1. The van der Waals surface area contributed by atoms with Crippen molar-refractivity contribution in [2.45, 2.75) is 5.41 Å². The highest BCUT2D eigenvalue weighted by atomic mass is 16.3. The zero-order valence-corrected chi connectivity index (χ0v) is 33.4. The number of hydrogen-bond acceptors (Lipinski definition) is 2. The van der Waals surface area contributed by atoms with Gasteiger partial charge < -0.3 is 9.32 Å². The predicted octanol–water partition coefficient (Wildman–Crippen LogP) is 15.9. The lowest BCUT2D eigenvalue weighted by molar-refractivity contribution is 0.669. The fraction of sp³-hybridized carbons (Fsp3) is 0.0169. The molecule has 0 unspecified atom stereocenters. The van der Waals surface area contributed by atoms with Gasteiger partial charge in [-0.1, -0.05) is 194 Å². The van der Waals surface area contributed by atoms with Gasteiger partial charge in [0.15, 0.2) is 0 Å². The van der Waals surface area contributed by atoms with E-state index in [1.807, 2.05) is 0 Å². The Morgan fingerprint density at radius 3 is 1.62 bits per heavy atom. The quantitative estimate of drug-likeness (QED) is 0.160. The highest BCUT2D eigenvalue weighted by Crippen LogP contribution is 2.59. The van der Waals surface area contributed by atoms with Gasteiger partial charge in [0.05, 0.1) is 22.2 Å². The van der Waals surface area contributed by atoms with Crippen LogP contribution in [-0.4, -0.2) is 0 Å². The van der Waals surface area contributed by atoms with E-state index in [1.165, 1.54) is 55.3 Å². The van der Waals surface area contributed by atoms with E-state index >= 15 is 0 Å². The van der Waals surface area contributed by atoms with Gasteiger partial charge in [-0.3, -0.25) is 0 Å². The van der Waals surface area contributed by atoms with Gasteiger partial charge >= 0.3 is 0 Å². The molecule has 0 radical (unpaired) electrons. The molecule has 1 aromatic heterocycles. The minimum atomic E-state index is -0.626. The molecule has 286 valence electrons. The summed E-state index contributed by atoms with van der Waals surface area (Å²) in [5, 5.41) is 4.51. The molecule has 0 aliphatic heterocycles. The minimum absolute atomic E-state index is 0.626. The summed E-state index contributed by atoms with van der Waals surface area (Å²) in [6, 6.07) is 86.2. The third-order valence-electron chi connectivity index (χ3n) is 12.7. The normalized spacial score (nSPS) is 12.7. The monoisotopic (exact) mass is 777 g/mol. The summed E-state index contributed by atoms with van der Waals surface area (Å²) >= 11 is 0. The molecule has 10 aromatic carbocycles. The van der Waals surface area contributed by atoms with Crippen molar-refractivity contribution in [3.8, 4) is 33.4 Å². The Morgan fingerprint density at radius 2 is 0.902 bits per heavy atom. The number of nitrogens with zero attached hydrogens (tertiary/aromatic N) is 1. The first-order chi connectivity index (χ1) is 30.3. The van der Waals surface area contributed by atoms with Crippen LogP contribution in [0.1, 0.15) is 22.3 Å². The van der Waals surface area contributed by atoms with Crippen LogP contribution in [0, 0.1) is 0 Å². The number of rotatable bonds is 7. The number of fused-ring (bicyclic) bond motifs is 7. The highest BCUT2D eigenvalue weighted by molar-refractivity contribution is 6.15. The van der Waals surface area contributed by atoms with Gasteiger partial charge in [-0.2, -0.15) is 0 Å². The summed E-state index contributed by atoms with van der Waals surface area (Å²) in [6.07, 6.45) is 0. The molecule has 0 fully saturated rings. The van der Waals surface area contributed by atoms with Crippen molar-refractivity contribution in [1.82, 2.24) is 0 Å². The van der Waals surface area contributed by atoms with Crippen LogP contribution in [0.25, 0.3) is 66.1 Å². The second-order valence-electron chi connectivity index (χ2n) is 16.0. The van der Waals surface area contributed by atoms with E-state index in [-0.39, 0.29) is 0 Å². The van der Waals surface area contributed by atoms with Gasteiger partial charge in [0, 0.05) is 11.1 Å². The Bertz CT molecular complexity index is 3380. The second-order valence-corrected chi connectivity index (χ2v) is 16.0. The van der Waals surface area contributed by atoms with Crippen LogP contribution in [-0.2, 0) is 5.41 Å². The van der Waals surface area contributed by atoms with Crippen molar-refractivity contribution >= 4 is 49.8 Å². The molecule has 0 spiro atoms. The first-order valence-corrected chi connectivity index (χ1v) is 21.0. The van der Waals surface area contributed by atoms with Crippen LogP contribution in [0.3, 0.4) is 0 Å². The van der Waals surface area contributed by atoms with E-state index in [0.29, 0.717) is 0 Å². The maximum atomic E-state index is 6.79. The first kappa shape index (κ1) is 35.0. The summed E-state index contributed by atoms with van der Waals surface area (Å²) in [7, 11) is 0. The predicted molar refractivity (Wildman–Crippen MR) is 254 cm³/mol. The Kier molecular flexibility index (Phi) is 8.11. The van der Waals surface area contributed by atoms with Crippen molar-refractivity contribution in [2.75, 3.05) is 4.90 Å². The standard InChI is InChI=1S/C59H39NO/c1-4-18-40(19-5-1)42-32-33-44-37-47(35-34-43(44)36-42)60(55-38-45(41-20-6-2-7-21-41)39-57-58(55)50-26-12-17-31-56(50)61-57)54-30-16-15-29-53(54)59(46-22-8-3-9-23-46)51-27-13-10-24-48(51)49-25-11-14-28-52(49)59/h1-39H. The van der Waals surface area contributed by atoms with E-state index in [9.17, 15) is 0 Å². The fourth-order valence-electron chi connectivity index (χ4n) is 10.1. The lowest BCUT2D eigenvalue weighted by atomic mass is 9.67. The van der Waals surface area contributed by atoms with Crippen molar-refractivity contribution in [3.05, 3.63) is 259 Å². The molecule has 0 saturated carbocycles. The van der Waals surface area contributed by atoms with Crippen LogP contribution in [0.4, 0.5) is 17.1 Å². The molecule has 11 aromatic rings. The molecule has 12 rings (SSSR count). The molecule has 1 aliphatic carbocycles. The zero-order chi connectivity index (χ0) is 40.3. The smallest absolute Gasteiger partial charge is 0.138 e. The van der Waals surface area contributed by atoms with E-state index in [0.717, 1.165) is 50.1 Å². The molecule has 0 atom stereocenters. The van der Waals surface area contributed by atoms with E-state index in [2.05, 4.69) is 241 Å². The minimum Gasteiger partial charge on any atom is -0.456 e. The number of furan rings is 1. The highest BCUT2D eigenvalue weighted by Gasteiger charge is 2.47. The molecular weight excluding hydrogens is 739 g/mol. The average Bonchev–Trinajstić information content (AvgIpc) is 3.86. The number of hydrogen-bond donors (Lipinski definition) is 0. The first-order valence-electron chi connectivity index (χ1n) is 21.0. The van der Waals surface area contributed by atoms with Gasteiger partial charge in [0.1, 0.15) is 11.2 Å². The van der Waals surface area contributed by atoms with Crippen molar-refractivity contribution in [2.24, 2.45) is 0 Å².